The molecule has 2 heterocycles. The zero-order valence-electron chi connectivity index (χ0n) is 15.6. The van der Waals surface area contributed by atoms with Gasteiger partial charge in [0, 0.05) is 40.7 Å². The number of fused-ring (bicyclic) bond motifs is 1. The van der Waals surface area contributed by atoms with Crippen LogP contribution in [0.4, 0.5) is 5.00 Å². The standard InChI is InChI=1S/C20H21ClN4OS/c1-12-13(2)27-20-18(12)19(15-5-7-16(21)8-6-15)23-17(9-10-26)11-25(20)14(3)24-22-4/h5-8,10,17H,4,9,11H2,1-3H3/b24-14-. The van der Waals surface area contributed by atoms with Gasteiger partial charge in [0.1, 0.15) is 17.1 Å². The van der Waals surface area contributed by atoms with Gasteiger partial charge in [0.25, 0.3) is 0 Å². The molecule has 0 bridgehead atoms. The van der Waals surface area contributed by atoms with Crippen molar-refractivity contribution in [1.29, 1.82) is 0 Å². The van der Waals surface area contributed by atoms with E-state index >= 15 is 0 Å². The summed E-state index contributed by atoms with van der Waals surface area (Å²) in [7, 11) is 0. The minimum atomic E-state index is -0.178. The normalized spacial score (nSPS) is 17.2. The highest BCUT2D eigenvalue weighted by molar-refractivity contribution is 7.17. The second kappa shape index (κ2) is 8.15. The molecule has 0 fully saturated rings. The molecule has 0 radical (unpaired) electrons. The van der Waals surface area contributed by atoms with Crippen molar-refractivity contribution in [2.45, 2.75) is 33.2 Å². The fourth-order valence-corrected chi connectivity index (χ4v) is 4.50. The Balaban J connectivity index is 2.25. The Bertz CT molecular complexity index is 930. The van der Waals surface area contributed by atoms with Crippen molar-refractivity contribution >= 4 is 52.5 Å². The highest BCUT2D eigenvalue weighted by atomic mass is 35.5. The number of benzene rings is 1. The molecule has 0 saturated carbocycles. The molecule has 140 valence electrons. The van der Waals surface area contributed by atoms with Crippen molar-refractivity contribution in [1.82, 2.24) is 0 Å². The lowest BCUT2D eigenvalue weighted by Gasteiger charge is -2.23. The predicted octanol–water partition coefficient (Wildman–Crippen LogP) is 4.67. The van der Waals surface area contributed by atoms with E-state index in [0.717, 1.165) is 34.0 Å². The Hall–Kier alpha value is -2.31. The molecule has 27 heavy (non-hydrogen) atoms. The highest BCUT2D eigenvalue weighted by Crippen LogP contribution is 2.39. The van der Waals surface area contributed by atoms with Gasteiger partial charge in [0.15, 0.2) is 0 Å². The minimum absolute atomic E-state index is 0.178. The number of anilines is 1. The van der Waals surface area contributed by atoms with Crippen LogP contribution in [0.3, 0.4) is 0 Å². The summed E-state index contributed by atoms with van der Waals surface area (Å²) >= 11 is 7.77. The maximum atomic E-state index is 11.2. The number of aliphatic imine (C=N–C) groups is 1. The predicted molar refractivity (Wildman–Crippen MR) is 115 cm³/mol. The van der Waals surface area contributed by atoms with Gasteiger partial charge >= 0.3 is 0 Å². The average molecular weight is 401 g/mol. The van der Waals surface area contributed by atoms with Crippen LogP contribution in [0.1, 0.15) is 34.9 Å². The fourth-order valence-electron chi connectivity index (χ4n) is 3.16. The first-order valence-corrected chi connectivity index (χ1v) is 9.81. The maximum Gasteiger partial charge on any atom is 0.129 e. The van der Waals surface area contributed by atoms with Crippen molar-refractivity contribution in [3.63, 3.8) is 0 Å². The lowest BCUT2D eigenvalue weighted by molar-refractivity contribution is -0.108. The van der Waals surface area contributed by atoms with Gasteiger partial charge in [-0.15, -0.1) is 16.4 Å². The molecular formula is C20H21ClN4OS. The lowest BCUT2D eigenvalue weighted by atomic mass is 10.00. The number of aryl methyl sites for hydroxylation is 1. The van der Waals surface area contributed by atoms with Gasteiger partial charge in [-0.05, 0) is 38.5 Å². The van der Waals surface area contributed by atoms with Crippen LogP contribution in [0, 0.1) is 13.8 Å². The van der Waals surface area contributed by atoms with Crippen molar-refractivity contribution < 1.29 is 4.79 Å². The van der Waals surface area contributed by atoms with E-state index in [4.69, 9.17) is 16.6 Å². The van der Waals surface area contributed by atoms with Gasteiger partial charge in [0.05, 0.1) is 11.8 Å². The number of hydrogen-bond acceptors (Lipinski definition) is 5. The molecule has 1 aliphatic rings. The minimum Gasteiger partial charge on any atom is -0.317 e. The smallest absolute Gasteiger partial charge is 0.129 e. The summed E-state index contributed by atoms with van der Waals surface area (Å²) in [4.78, 5) is 19.5. The summed E-state index contributed by atoms with van der Waals surface area (Å²) in [6.45, 7) is 10.1. The number of nitrogens with zero attached hydrogens (tertiary/aromatic N) is 4. The number of amidine groups is 1. The summed E-state index contributed by atoms with van der Waals surface area (Å²) in [6, 6.07) is 7.48. The number of thiophene rings is 1. The first-order chi connectivity index (χ1) is 13.0. The van der Waals surface area contributed by atoms with E-state index in [1.165, 1.54) is 10.4 Å². The molecule has 1 aromatic carbocycles. The van der Waals surface area contributed by atoms with E-state index in [-0.39, 0.29) is 6.04 Å². The molecule has 0 aliphatic carbocycles. The number of rotatable bonds is 4. The molecule has 1 aliphatic heterocycles. The largest absolute Gasteiger partial charge is 0.317 e. The van der Waals surface area contributed by atoms with Crippen LogP contribution in [-0.2, 0) is 4.79 Å². The van der Waals surface area contributed by atoms with E-state index in [2.05, 4.69) is 35.7 Å². The van der Waals surface area contributed by atoms with E-state index in [0.29, 0.717) is 18.0 Å². The Kier molecular flexibility index (Phi) is 5.87. The molecule has 0 saturated heterocycles. The summed E-state index contributed by atoms with van der Waals surface area (Å²) in [5, 5.41) is 9.56. The summed E-state index contributed by atoms with van der Waals surface area (Å²) < 4.78 is 0. The number of carbonyl (C=O) groups is 1. The molecule has 0 spiro atoms. The molecule has 2 aromatic rings. The monoisotopic (exact) mass is 400 g/mol. The Labute approximate surface area is 168 Å². The van der Waals surface area contributed by atoms with Gasteiger partial charge < -0.3 is 9.69 Å². The summed E-state index contributed by atoms with van der Waals surface area (Å²) in [5.41, 5.74) is 4.12. The van der Waals surface area contributed by atoms with Gasteiger partial charge in [-0.25, -0.2) is 0 Å². The molecule has 3 rings (SSSR count). The molecule has 1 unspecified atom stereocenters. The van der Waals surface area contributed by atoms with Crippen LogP contribution in [-0.4, -0.2) is 37.1 Å². The van der Waals surface area contributed by atoms with Crippen LogP contribution in [0.15, 0.2) is 39.5 Å². The van der Waals surface area contributed by atoms with Crippen molar-refractivity contribution in [2.75, 3.05) is 11.4 Å². The third kappa shape index (κ3) is 3.87. The fraction of sp³-hybridized carbons (Fsp3) is 0.300. The zero-order chi connectivity index (χ0) is 19.6. The second-order valence-electron chi connectivity index (χ2n) is 6.40. The van der Waals surface area contributed by atoms with Crippen LogP contribution >= 0.6 is 22.9 Å². The van der Waals surface area contributed by atoms with E-state index < -0.39 is 0 Å². The van der Waals surface area contributed by atoms with Crippen molar-refractivity contribution in [3.8, 4) is 0 Å². The van der Waals surface area contributed by atoms with Crippen LogP contribution < -0.4 is 4.90 Å². The highest BCUT2D eigenvalue weighted by Gasteiger charge is 2.30. The number of halogens is 1. The van der Waals surface area contributed by atoms with E-state index in [1.807, 2.05) is 31.2 Å². The lowest BCUT2D eigenvalue weighted by Crippen LogP contribution is -2.34. The van der Waals surface area contributed by atoms with Crippen molar-refractivity contribution in [3.05, 3.63) is 50.9 Å². The van der Waals surface area contributed by atoms with Crippen LogP contribution in [0.25, 0.3) is 0 Å². The Morgan fingerprint density at radius 2 is 2.11 bits per heavy atom. The molecular weight excluding hydrogens is 380 g/mol. The van der Waals surface area contributed by atoms with Crippen LogP contribution in [0.2, 0.25) is 5.02 Å². The average Bonchev–Trinajstić information content (AvgIpc) is 2.83. The quantitative estimate of drug-likeness (QED) is 0.324. The van der Waals surface area contributed by atoms with Crippen LogP contribution in [0.5, 0.6) is 0 Å². The molecule has 0 amide bonds. The summed E-state index contributed by atoms with van der Waals surface area (Å²) in [5.74, 6) is 0.732. The first-order valence-electron chi connectivity index (χ1n) is 8.61. The van der Waals surface area contributed by atoms with Gasteiger partial charge in [0.2, 0.25) is 0 Å². The van der Waals surface area contributed by atoms with E-state index in [1.54, 1.807) is 11.3 Å². The zero-order valence-corrected chi connectivity index (χ0v) is 17.1. The van der Waals surface area contributed by atoms with Gasteiger partial charge in [-0.3, -0.25) is 4.99 Å². The number of carbonyl (C=O) groups excluding carboxylic acids is 1. The first kappa shape index (κ1) is 19.5. The van der Waals surface area contributed by atoms with Gasteiger partial charge in [-0.1, -0.05) is 23.7 Å². The second-order valence-corrected chi connectivity index (χ2v) is 8.04. The molecule has 1 atom stereocenters. The topological polar surface area (TPSA) is 57.4 Å². The molecule has 1 aromatic heterocycles. The third-order valence-electron chi connectivity index (χ3n) is 4.65. The van der Waals surface area contributed by atoms with Gasteiger partial charge in [-0.2, -0.15) is 5.10 Å². The summed E-state index contributed by atoms with van der Waals surface area (Å²) in [6.07, 6.45) is 1.26. The molecule has 7 heteroatoms. The van der Waals surface area contributed by atoms with E-state index in [9.17, 15) is 4.79 Å². The maximum absolute atomic E-state index is 11.2. The Morgan fingerprint density at radius 3 is 2.74 bits per heavy atom. The third-order valence-corrected chi connectivity index (χ3v) is 6.13. The number of hydrogen-bond donors (Lipinski definition) is 0. The number of aldehydes is 1. The Morgan fingerprint density at radius 1 is 1.41 bits per heavy atom. The SMILES string of the molecule is C=N/N=C(/C)N1CC(CC=O)N=C(c2ccc(Cl)cc2)c2c1sc(C)c2C. The molecule has 5 nitrogen and oxygen atoms in total. The molecule has 0 N–H and O–H groups in total. The van der Waals surface area contributed by atoms with Crippen molar-refractivity contribution in [2.24, 2.45) is 15.2 Å².